The van der Waals surface area contributed by atoms with E-state index in [1.54, 1.807) is 6.92 Å². The summed E-state index contributed by atoms with van der Waals surface area (Å²) in [6, 6.07) is 0. The Hall–Kier alpha value is -0.830. The highest BCUT2D eigenvalue weighted by atomic mass is 16.2. The van der Waals surface area contributed by atoms with Crippen molar-refractivity contribution < 1.29 is 4.79 Å². The van der Waals surface area contributed by atoms with Gasteiger partial charge in [-0.25, -0.2) is 5.43 Å². The van der Waals surface area contributed by atoms with Gasteiger partial charge in [-0.05, 0) is 13.3 Å². The normalized spacial score (nSPS) is 11.4. The van der Waals surface area contributed by atoms with Crippen LogP contribution in [-0.4, -0.2) is 12.5 Å². The minimum absolute atomic E-state index is 0.0475. The van der Waals surface area contributed by atoms with E-state index in [9.17, 15) is 4.79 Å². The summed E-state index contributed by atoms with van der Waals surface area (Å²) in [5, 5.41) is 0. The maximum atomic E-state index is 11.0. The van der Waals surface area contributed by atoms with Crippen molar-refractivity contribution in [2.75, 3.05) is 6.54 Å². The second-order valence-corrected chi connectivity index (χ2v) is 2.28. The first-order chi connectivity index (χ1) is 5.22. The average molecular weight is 156 g/mol. The molecule has 3 nitrogen and oxygen atoms in total. The number of hydrogen-bond donors (Lipinski definition) is 2. The molecule has 11 heavy (non-hydrogen) atoms. The van der Waals surface area contributed by atoms with E-state index in [1.807, 2.05) is 19.9 Å². The molecule has 64 valence electrons. The highest BCUT2D eigenvalue weighted by Gasteiger charge is 1.99. The number of rotatable bonds is 4. The lowest BCUT2D eigenvalue weighted by molar-refractivity contribution is -0.118. The summed E-state index contributed by atoms with van der Waals surface area (Å²) in [7, 11) is 0. The number of hydrazine groups is 1. The lowest BCUT2D eigenvalue weighted by Crippen LogP contribution is -2.37. The maximum Gasteiger partial charge on any atom is 0.260 e. The predicted molar refractivity (Wildman–Crippen MR) is 45.9 cm³/mol. The van der Waals surface area contributed by atoms with Crippen molar-refractivity contribution in [3.63, 3.8) is 0 Å². The lowest BCUT2D eigenvalue weighted by atomic mass is 10.2. The highest BCUT2D eigenvalue weighted by molar-refractivity contribution is 5.92. The van der Waals surface area contributed by atoms with Crippen LogP contribution in [0, 0.1) is 0 Å². The number of hydrogen-bond acceptors (Lipinski definition) is 2. The van der Waals surface area contributed by atoms with Crippen molar-refractivity contribution in [1.82, 2.24) is 10.9 Å². The quantitative estimate of drug-likeness (QED) is 0.470. The Bertz CT molecular complexity index is 152. The Morgan fingerprint density at radius 2 is 2.09 bits per heavy atom. The van der Waals surface area contributed by atoms with Crippen molar-refractivity contribution in [3.05, 3.63) is 11.6 Å². The molecule has 0 unspecified atom stereocenters. The fourth-order valence-corrected chi connectivity index (χ4v) is 0.666. The first-order valence-electron chi connectivity index (χ1n) is 3.92. The third-order valence-corrected chi connectivity index (χ3v) is 1.25. The third kappa shape index (κ3) is 4.56. The SMILES string of the molecule is CCC=C(C)C(=O)NNCC. The van der Waals surface area contributed by atoms with Gasteiger partial charge in [-0.1, -0.05) is 19.9 Å². The fourth-order valence-electron chi connectivity index (χ4n) is 0.666. The van der Waals surface area contributed by atoms with Gasteiger partial charge in [-0.3, -0.25) is 10.2 Å². The van der Waals surface area contributed by atoms with Gasteiger partial charge in [0.25, 0.3) is 5.91 Å². The Morgan fingerprint density at radius 1 is 1.45 bits per heavy atom. The van der Waals surface area contributed by atoms with E-state index in [4.69, 9.17) is 0 Å². The van der Waals surface area contributed by atoms with Gasteiger partial charge >= 0.3 is 0 Å². The van der Waals surface area contributed by atoms with Crippen molar-refractivity contribution in [3.8, 4) is 0 Å². The zero-order valence-corrected chi connectivity index (χ0v) is 7.40. The molecule has 0 radical (unpaired) electrons. The fraction of sp³-hybridized carbons (Fsp3) is 0.625. The van der Waals surface area contributed by atoms with Gasteiger partial charge in [-0.15, -0.1) is 0 Å². The molecule has 0 saturated carbocycles. The molecule has 0 heterocycles. The summed E-state index contributed by atoms with van der Waals surface area (Å²) in [6.45, 7) is 6.48. The van der Waals surface area contributed by atoms with E-state index >= 15 is 0 Å². The molecule has 0 bridgehead atoms. The predicted octanol–water partition coefficient (Wildman–Crippen LogP) is 0.983. The molecule has 0 spiro atoms. The van der Waals surface area contributed by atoms with Crippen LogP contribution in [0.25, 0.3) is 0 Å². The largest absolute Gasteiger partial charge is 0.288 e. The van der Waals surface area contributed by atoms with E-state index in [0.717, 1.165) is 18.5 Å². The third-order valence-electron chi connectivity index (χ3n) is 1.25. The standard InChI is InChI=1S/C8H16N2O/c1-4-6-7(3)8(11)10-9-5-2/h6,9H,4-5H2,1-3H3,(H,10,11). The van der Waals surface area contributed by atoms with Crippen LogP contribution in [0.4, 0.5) is 0 Å². The summed E-state index contributed by atoms with van der Waals surface area (Å²) < 4.78 is 0. The molecule has 0 aliphatic heterocycles. The number of allylic oxidation sites excluding steroid dienone is 1. The van der Waals surface area contributed by atoms with E-state index in [0.29, 0.717) is 0 Å². The van der Waals surface area contributed by atoms with Gasteiger partial charge in [-0.2, -0.15) is 0 Å². The van der Waals surface area contributed by atoms with Crippen molar-refractivity contribution in [1.29, 1.82) is 0 Å². The first-order valence-corrected chi connectivity index (χ1v) is 3.92. The van der Waals surface area contributed by atoms with Crippen LogP contribution >= 0.6 is 0 Å². The summed E-state index contributed by atoms with van der Waals surface area (Å²) >= 11 is 0. The molecule has 0 atom stereocenters. The molecule has 0 aromatic carbocycles. The van der Waals surface area contributed by atoms with Crippen molar-refractivity contribution >= 4 is 5.91 Å². The molecule has 3 heteroatoms. The Balaban J connectivity index is 3.73. The Labute approximate surface area is 67.8 Å². The second kappa shape index (κ2) is 5.92. The highest BCUT2D eigenvalue weighted by Crippen LogP contribution is 1.93. The van der Waals surface area contributed by atoms with Crippen molar-refractivity contribution in [2.24, 2.45) is 0 Å². The summed E-state index contributed by atoms with van der Waals surface area (Å²) in [5.74, 6) is -0.0475. The lowest BCUT2D eigenvalue weighted by Gasteiger charge is -2.03. The minimum atomic E-state index is -0.0475. The Kier molecular flexibility index (Phi) is 5.47. The summed E-state index contributed by atoms with van der Waals surface area (Å²) in [6.07, 6.45) is 2.79. The zero-order valence-electron chi connectivity index (χ0n) is 7.40. The topological polar surface area (TPSA) is 41.1 Å². The second-order valence-electron chi connectivity index (χ2n) is 2.28. The smallest absolute Gasteiger partial charge is 0.260 e. The van der Waals surface area contributed by atoms with E-state index in [2.05, 4.69) is 10.9 Å². The molecule has 0 aromatic rings. The number of carbonyl (C=O) groups is 1. The molecule has 0 saturated heterocycles. The van der Waals surface area contributed by atoms with Crippen molar-refractivity contribution in [2.45, 2.75) is 27.2 Å². The zero-order chi connectivity index (χ0) is 8.69. The van der Waals surface area contributed by atoms with Gasteiger partial charge in [0.05, 0.1) is 0 Å². The number of nitrogens with one attached hydrogen (secondary N) is 2. The summed E-state index contributed by atoms with van der Waals surface area (Å²) in [5.41, 5.74) is 6.06. The number of carbonyl (C=O) groups excluding carboxylic acids is 1. The molecule has 0 aromatic heterocycles. The van der Waals surface area contributed by atoms with Gasteiger partial charge in [0.15, 0.2) is 0 Å². The van der Waals surface area contributed by atoms with E-state index in [-0.39, 0.29) is 5.91 Å². The molecule has 2 N–H and O–H groups in total. The molecule has 0 rings (SSSR count). The first kappa shape index (κ1) is 10.2. The average Bonchev–Trinajstić information content (AvgIpc) is 2.00. The maximum absolute atomic E-state index is 11.0. The van der Waals surface area contributed by atoms with Crippen LogP contribution < -0.4 is 10.9 Å². The number of amides is 1. The molecule has 1 amide bonds. The molecular weight excluding hydrogens is 140 g/mol. The van der Waals surface area contributed by atoms with Crippen LogP contribution in [0.5, 0.6) is 0 Å². The van der Waals surface area contributed by atoms with Gasteiger partial charge in [0, 0.05) is 12.1 Å². The van der Waals surface area contributed by atoms with Crippen LogP contribution in [0.3, 0.4) is 0 Å². The van der Waals surface area contributed by atoms with Crippen LogP contribution in [0.1, 0.15) is 27.2 Å². The molecule has 0 fully saturated rings. The van der Waals surface area contributed by atoms with Gasteiger partial charge in [0.1, 0.15) is 0 Å². The molecular formula is C8H16N2O. The van der Waals surface area contributed by atoms with E-state index < -0.39 is 0 Å². The van der Waals surface area contributed by atoms with Crippen LogP contribution in [-0.2, 0) is 4.79 Å². The molecule has 0 aliphatic rings. The van der Waals surface area contributed by atoms with E-state index in [1.165, 1.54) is 0 Å². The Morgan fingerprint density at radius 3 is 2.55 bits per heavy atom. The van der Waals surface area contributed by atoms with Gasteiger partial charge < -0.3 is 0 Å². The minimum Gasteiger partial charge on any atom is -0.288 e. The summed E-state index contributed by atoms with van der Waals surface area (Å²) in [4.78, 5) is 11.0. The van der Waals surface area contributed by atoms with Crippen LogP contribution in [0.2, 0.25) is 0 Å². The van der Waals surface area contributed by atoms with Crippen LogP contribution in [0.15, 0.2) is 11.6 Å². The molecule has 0 aliphatic carbocycles. The van der Waals surface area contributed by atoms with Gasteiger partial charge in [0.2, 0.25) is 0 Å². The monoisotopic (exact) mass is 156 g/mol.